The number of benzene rings is 1. The van der Waals surface area contributed by atoms with E-state index < -0.39 is 24.1 Å². The smallest absolute Gasteiger partial charge is 0.407 e. The Hall–Kier alpha value is -3.34. The molecule has 206 valence electrons. The van der Waals surface area contributed by atoms with Gasteiger partial charge in [-0.1, -0.05) is 30.3 Å². The van der Waals surface area contributed by atoms with Crippen LogP contribution in [0.3, 0.4) is 0 Å². The van der Waals surface area contributed by atoms with E-state index in [0.717, 1.165) is 31.2 Å². The molecule has 0 unspecified atom stereocenters. The molecule has 2 aromatic heterocycles. The Morgan fingerprint density at radius 2 is 1.95 bits per heavy atom. The molecule has 1 saturated carbocycles. The third-order valence-electron chi connectivity index (χ3n) is 8.21. The number of aryl methyl sites for hydroxylation is 1. The molecular formula is C29H33FN4O5. The molecule has 2 bridgehead atoms. The van der Waals surface area contributed by atoms with Crippen molar-refractivity contribution in [2.45, 2.75) is 68.4 Å². The SMILES string of the molecule is NC12CCC(CCc3c(F)cnc4ccc(O[C@H]5COC[C@@H]5NC(=O)OCc5ccccc5)nc34)(CC1)OC2. The Morgan fingerprint density at radius 1 is 1.13 bits per heavy atom. The van der Waals surface area contributed by atoms with Gasteiger partial charge in [-0.05, 0) is 50.2 Å². The van der Waals surface area contributed by atoms with Gasteiger partial charge in [-0.3, -0.25) is 4.98 Å². The highest BCUT2D eigenvalue weighted by Crippen LogP contribution is 2.45. The van der Waals surface area contributed by atoms with Crippen molar-refractivity contribution in [2.24, 2.45) is 5.73 Å². The number of nitrogens with one attached hydrogen (secondary N) is 1. The van der Waals surface area contributed by atoms with E-state index >= 15 is 4.39 Å². The van der Waals surface area contributed by atoms with Crippen LogP contribution in [0.15, 0.2) is 48.7 Å². The predicted octanol–water partition coefficient (Wildman–Crippen LogP) is 3.81. The van der Waals surface area contributed by atoms with Crippen LogP contribution in [-0.4, -0.2) is 59.2 Å². The van der Waals surface area contributed by atoms with Crippen LogP contribution in [0.4, 0.5) is 9.18 Å². The van der Waals surface area contributed by atoms with Crippen LogP contribution in [0.2, 0.25) is 0 Å². The van der Waals surface area contributed by atoms with Crippen molar-refractivity contribution < 1.29 is 28.1 Å². The van der Waals surface area contributed by atoms with E-state index in [4.69, 9.17) is 24.7 Å². The summed E-state index contributed by atoms with van der Waals surface area (Å²) in [5.41, 5.74) is 8.35. The molecule has 39 heavy (non-hydrogen) atoms. The van der Waals surface area contributed by atoms with Gasteiger partial charge < -0.3 is 30.0 Å². The highest BCUT2D eigenvalue weighted by atomic mass is 19.1. The average Bonchev–Trinajstić information content (AvgIpc) is 3.39. The number of rotatable bonds is 8. The normalized spacial score (nSPS) is 27.9. The number of aromatic nitrogens is 2. The molecule has 3 N–H and O–H groups in total. The van der Waals surface area contributed by atoms with Gasteiger partial charge in [0.25, 0.3) is 0 Å². The van der Waals surface area contributed by atoms with Crippen molar-refractivity contribution in [1.82, 2.24) is 15.3 Å². The zero-order chi connectivity index (χ0) is 26.9. The number of hydrogen-bond acceptors (Lipinski definition) is 8. The molecule has 3 aromatic rings. The number of carbonyl (C=O) groups excluding carboxylic acids is 1. The molecule has 1 aromatic carbocycles. The molecule has 0 radical (unpaired) electrons. The summed E-state index contributed by atoms with van der Waals surface area (Å²) < 4.78 is 38.2. The summed E-state index contributed by atoms with van der Waals surface area (Å²) in [6, 6.07) is 12.5. The highest BCUT2D eigenvalue weighted by molar-refractivity contribution is 5.78. The fourth-order valence-electron chi connectivity index (χ4n) is 5.70. The molecule has 2 atom stereocenters. The topological polar surface area (TPSA) is 118 Å². The van der Waals surface area contributed by atoms with E-state index in [1.807, 2.05) is 30.3 Å². The molecule has 4 aliphatic rings. The van der Waals surface area contributed by atoms with Gasteiger partial charge in [0.2, 0.25) is 5.88 Å². The van der Waals surface area contributed by atoms with Crippen LogP contribution in [0, 0.1) is 5.82 Å². The molecule has 3 aliphatic heterocycles. The summed E-state index contributed by atoms with van der Waals surface area (Å²) in [6.45, 7) is 1.28. The molecule has 4 fully saturated rings. The molecule has 1 aliphatic carbocycles. The first-order chi connectivity index (χ1) is 18.9. The van der Waals surface area contributed by atoms with Crippen molar-refractivity contribution in [2.75, 3.05) is 19.8 Å². The fraction of sp³-hybridized carbons (Fsp3) is 0.483. The second kappa shape index (κ2) is 10.7. The first-order valence-electron chi connectivity index (χ1n) is 13.5. The minimum absolute atomic E-state index is 0.165. The Morgan fingerprint density at radius 3 is 2.72 bits per heavy atom. The minimum atomic E-state index is -0.554. The monoisotopic (exact) mass is 536 g/mol. The van der Waals surface area contributed by atoms with Crippen LogP contribution in [0.25, 0.3) is 11.0 Å². The largest absolute Gasteiger partial charge is 0.470 e. The zero-order valence-electron chi connectivity index (χ0n) is 21.7. The van der Waals surface area contributed by atoms with Crippen molar-refractivity contribution in [1.29, 1.82) is 0 Å². The fourth-order valence-corrected chi connectivity index (χ4v) is 5.70. The van der Waals surface area contributed by atoms with Gasteiger partial charge in [-0.2, -0.15) is 0 Å². The molecular weight excluding hydrogens is 503 g/mol. The van der Waals surface area contributed by atoms with Gasteiger partial charge >= 0.3 is 6.09 Å². The summed E-state index contributed by atoms with van der Waals surface area (Å²) >= 11 is 0. The van der Waals surface area contributed by atoms with Gasteiger partial charge in [-0.15, -0.1) is 0 Å². The lowest BCUT2D eigenvalue weighted by molar-refractivity contribution is -0.156. The van der Waals surface area contributed by atoms with E-state index in [1.165, 1.54) is 6.20 Å². The number of halogens is 1. The average molecular weight is 537 g/mol. The zero-order valence-corrected chi connectivity index (χ0v) is 21.7. The van der Waals surface area contributed by atoms with Crippen molar-refractivity contribution in [3.05, 3.63) is 65.6 Å². The Balaban J connectivity index is 1.12. The number of alkyl carbamates (subject to hydrolysis) is 1. The second-order valence-corrected chi connectivity index (χ2v) is 10.9. The first-order valence-corrected chi connectivity index (χ1v) is 13.5. The first kappa shape index (κ1) is 25.9. The summed E-state index contributed by atoms with van der Waals surface area (Å²) in [7, 11) is 0. The number of hydrogen-bond donors (Lipinski definition) is 2. The maximum atomic E-state index is 15.0. The van der Waals surface area contributed by atoms with E-state index in [2.05, 4.69) is 15.3 Å². The Bertz CT molecular complexity index is 1320. The molecule has 7 rings (SSSR count). The van der Waals surface area contributed by atoms with Crippen LogP contribution >= 0.6 is 0 Å². The van der Waals surface area contributed by atoms with E-state index in [9.17, 15) is 4.79 Å². The lowest BCUT2D eigenvalue weighted by Gasteiger charge is -2.51. The molecule has 5 heterocycles. The van der Waals surface area contributed by atoms with Crippen LogP contribution in [-0.2, 0) is 27.2 Å². The number of pyridine rings is 2. The Labute approximate surface area is 226 Å². The third-order valence-corrected chi connectivity index (χ3v) is 8.21. The van der Waals surface area contributed by atoms with Gasteiger partial charge in [0.05, 0.1) is 48.7 Å². The van der Waals surface area contributed by atoms with Crippen molar-refractivity contribution >= 4 is 17.1 Å². The maximum Gasteiger partial charge on any atom is 0.407 e. The van der Waals surface area contributed by atoms with Crippen molar-refractivity contribution in [3.63, 3.8) is 0 Å². The van der Waals surface area contributed by atoms with Gasteiger partial charge in [0.15, 0.2) is 0 Å². The van der Waals surface area contributed by atoms with Gasteiger partial charge in [0.1, 0.15) is 18.5 Å². The minimum Gasteiger partial charge on any atom is -0.470 e. The second-order valence-electron chi connectivity index (χ2n) is 10.9. The summed E-state index contributed by atoms with van der Waals surface area (Å²) in [5.74, 6) is -0.0815. The quantitative estimate of drug-likeness (QED) is 0.446. The van der Waals surface area contributed by atoms with Gasteiger partial charge in [0, 0.05) is 17.2 Å². The van der Waals surface area contributed by atoms with Crippen LogP contribution in [0.5, 0.6) is 5.88 Å². The van der Waals surface area contributed by atoms with E-state index in [0.29, 0.717) is 41.9 Å². The predicted molar refractivity (Wildman–Crippen MR) is 141 cm³/mol. The highest BCUT2D eigenvalue weighted by Gasteiger charge is 2.47. The number of carbonyl (C=O) groups is 1. The maximum absolute atomic E-state index is 15.0. The van der Waals surface area contributed by atoms with Crippen molar-refractivity contribution in [3.8, 4) is 5.88 Å². The lowest BCUT2D eigenvalue weighted by atomic mass is 9.70. The number of amides is 1. The molecule has 9 nitrogen and oxygen atoms in total. The third kappa shape index (κ3) is 5.68. The summed E-state index contributed by atoms with van der Waals surface area (Å²) in [6.07, 6.45) is 5.03. The van der Waals surface area contributed by atoms with E-state index in [1.54, 1.807) is 12.1 Å². The number of fused-ring (bicyclic) bond motifs is 4. The molecule has 1 amide bonds. The number of ether oxygens (including phenoxy) is 4. The molecule has 10 heteroatoms. The summed E-state index contributed by atoms with van der Waals surface area (Å²) in [5, 5.41) is 2.82. The van der Waals surface area contributed by atoms with Gasteiger partial charge in [-0.25, -0.2) is 14.2 Å². The molecule has 0 spiro atoms. The lowest BCUT2D eigenvalue weighted by Crippen LogP contribution is -2.59. The van der Waals surface area contributed by atoms with Crippen LogP contribution in [0.1, 0.15) is 43.2 Å². The standard InChI is InChI=1S/C29H33FN4O5/c30-21-14-32-22-6-7-25(34-26(22)20(21)8-9-29-12-10-28(31,11-13-29)18-38-29)39-24-17-36-16-23(24)33-27(35)37-15-19-4-2-1-3-5-19/h1-7,14,23-24H,8-13,15-18,31H2,(H,33,35)/t23-,24-,28?,29?/m0/s1. The molecule has 3 saturated heterocycles. The van der Waals surface area contributed by atoms with E-state index in [-0.39, 0.29) is 31.0 Å². The van der Waals surface area contributed by atoms with Crippen LogP contribution < -0.4 is 15.8 Å². The summed E-state index contributed by atoms with van der Waals surface area (Å²) in [4.78, 5) is 21.2. The Kier molecular flexibility index (Phi) is 7.09. The number of nitrogens with zero attached hydrogens (tertiary/aromatic N) is 2. The number of nitrogens with two attached hydrogens (primary N) is 1.